The van der Waals surface area contributed by atoms with E-state index in [1.54, 1.807) is 11.8 Å². The van der Waals surface area contributed by atoms with Gasteiger partial charge in [0.25, 0.3) is 0 Å². The number of hydrogen-bond donors (Lipinski definition) is 1. The number of aromatic hydroxyl groups is 1. The van der Waals surface area contributed by atoms with Crippen molar-refractivity contribution in [2.75, 3.05) is 6.26 Å². The third kappa shape index (κ3) is 2.94. The lowest BCUT2D eigenvalue weighted by molar-refractivity contribution is 0.351. The zero-order valence-electron chi connectivity index (χ0n) is 9.91. The van der Waals surface area contributed by atoms with Crippen molar-refractivity contribution in [2.24, 2.45) is 5.92 Å². The first kappa shape index (κ1) is 11.8. The van der Waals surface area contributed by atoms with Gasteiger partial charge in [-0.05, 0) is 36.3 Å². The maximum Gasteiger partial charge on any atom is 0.119 e. The fraction of sp³-hybridized carbons (Fsp3) is 0.571. The molecule has 0 saturated heterocycles. The molecule has 0 bridgehead atoms. The molecule has 0 spiro atoms. The van der Waals surface area contributed by atoms with Crippen LogP contribution in [-0.4, -0.2) is 11.4 Å². The molecule has 1 saturated carbocycles. The van der Waals surface area contributed by atoms with Gasteiger partial charge in [0.15, 0.2) is 0 Å². The smallest absolute Gasteiger partial charge is 0.119 e. The van der Waals surface area contributed by atoms with E-state index >= 15 is 0 Å². The van der Waals surface area contributed by atoms with Crippen molar-refractivity contribution in [1.82, 2.24) is 0 Å². The number of phenols is 1. The molecule has 1 aromatic rings. The zero-order valence-corrected chi connectivity index (χ0v) is 10.7. The molecule has 1 aliphatic carbocycles. The topological polar surface area (TPSA) is 20.2 Å². The van der Waals surface area contributed by atoms with E-state index < -0.39 is 0 Å². The molecule has 0 amide bonds. The number of phenolic OH excluding ortho intramolecular Hbond substituents is 1. The fourth-order valence-electron chi connectivity index (χ4n) is 2.55. The third-order valence-electron chi connectivity index (χ3n) is 3.53. The summed E-state index contributed by atoms with van der Waals surface area (Å²) < 4.78 is 0. The first-order valence-corrected chi connectivity index (χ1v) is 7.38. The Kier molecular flexibility index (Phi) is 4.16. The Morgan fingerprint density at radius 3 is 2.62 bits per heavy atom. The second-order valence-electron chi connectivity index (χ2n) is 4.70. The number of benzene rings is 1. The molecular weight excluding hydrogens is 216 g/mol. The van der Waals surface area contributed by atoms with Crippen molar-refractivity contribution >= 4 is 11.8 Å². The highest BCUT2D eigenvalue weighted by molar-refractivity contribution is 7.98. The summed E-state index contributed by atoms with van der Waals surface area (Å²) >= 11 is 1.68. The molecule has 16 heavy (non-hydrogen) atoms. The standard InChI is InChI=1S/C14H20OS/c1-16-13-8-7-12(14(15)10-13)9-11-5-3-2-4-6-11/h7-8,10-11,15H,2-6,9H2,1H3. The van der Waals surface area contributed by atoms with Crippen LogP contribution in [-0.2, 0) is 6.42 Å². The summed E-state index contributed by atoms with van der Waals surface area (Å²) in [4.78, 5) is 1.14. The second-order valence-corrected chi connectivity index (χ2v) is 5.58. The molecule has 2 rings (SSSR count). The van der Waals surface area contributed by atoms with Gasteiger partial charge in [-0.2, -0.15) is 0 Å². The minimum atomic E-state index is 0.484. The summed E-state index contributed by atoms with van der Waals surface area (Å²) in [6, 6.07) is 6.10. The number of thioether (sulfide) groups is 1. The fourth-order valence-corrected chi connectivity index (χ4v) is 2.98. The van der Waals surface area contributed by atoms with Gasteiger partial charge in [0.05, 0.1) is 0 Å². The minimum absolute atomic E-state index is 0.484. The molecule has 0 heterocycles. The molecule has 0 aliphatic heterocycles. The van der Waals surface area contributed by atoms with E-state index in [4.69, 9.17) is 0 Å². The van der Waals surface area contributed by atoms with Crippen molar-refractivity contribution < 1.29 is 5.11 Å². The van der Waals surface area contributed by atoms with Crippen LogP contribution in [0.1, 0.15) is 37.7 Å². The minimum Gasteiger partial charge on any atom is -0.508 e. The van der Waals surface area contributed by atoms with Crippen LogP contribution in [0.15, 0.2) is 23.1 Å². The lowest BCUT2D eigenvalue weighted by Gasteiger charge is -2.21. The zero-order chi connectivity index (χ0) is 11.4. The molecule has 0 unspecified atom stereocenters. The molecule has 0 atom stereocenters. The molecule has 0 aromatic heterocycles. The lowest BCUT2D eigenvalue weighted by Crippen LogP contribution is -2.09. The highest BCUT2D eigenvalue weighted by atomic mass is 32.2. The van der Waals surface area contributed by atoms with E-state index in [2.05, 4.69) is 12.1 Å². The largest absolute Gasteiger partial charge is 0.508 e. The predicted molar refractivity (Wildman–Crippen MR) is 70.2 cm³/mol. The lowest BCUT2D eigenvalue weighted by atomic mass is 9.85. The van der Waals surface area contributed by atoms with Crippen LogP contribution in [0.2, 0.25) is 0 Å². The van der Waals surface area contributed by atoms with Gasteiger partial charge in [-0.25, -0.2) is 0 Å². The molecule has 0 radical (unpaired) electrons. The van der Waals surface area contributed by atoms with Gasteiger partial charge in [0, 0.05) is 4.90 Å². The molecule has 1 aromatic carbocycles. The average Bonchev–Trinajstić information content (AvgIpc) is 2.33. The first-order chi connectivity index (χ1) is 7.79. The Labute approximate surface area is 102 Å². The summed E-state index contributed by atoms with van der Waals surface area (Å²) in [6.07, 6.45) is 9.90. The van der Waals surface area contributed by atoms with Gasteiger partial charge in [-0.1, -0.05) is 38.2 Å². The predicted octanol–water partition coefficient (Wildman–Crippen LogP) is 4.24. The van der Waals surface area contributed by atoms with Gasteiger partial charge < -0.3 is 5.11 Å². The molecular formula is C14H20OS. The molecule has 1 aliphatic rings. The van der Waals surface area contributed by atoms with E-state index in [9.17, 15) is 5.11 Å². The summed E-state index contributed by atoms with van der Waals surface area (Å²) in [6.45, 7) is 0. The van der Waals surface area contributed by atoms with E-state index in [0.29, 0.717) is 5.75 Å². The van der Waals surface area contributed by atoms with Crippen LogP contribution in [0.25, 0.3) is 0 Å². The van der Waals surface area contributed by atoms with E-state index in [0.717, 1.165) is 22.8 Å². The van der Waals surface area contributed by atoms with Crippen LogP contribution in [0.3, 0.4) is 0 Å². The Morgan fingerprint density at radius 1 is 1.25 bits per heavy atom. The van der Waals surface area contributed by atoms with Gasteiger partial charge >= 0.3 is 0 Å². The SMILES string of the molecule is CSc1ccc(CC2CCCCC2)c(O)c1. The highest BCUT2D eigenvalue weighted by Crippen LogP contribution is 2.31. The van der Waals surface area contributed by atoms with Crippen LogP contribution in [0.5, 0.6) is 5.75 Å². The maximum atomic E-state index is 9.94. The quantitative estimate of drug-likeness (QED) is 0.792. The van der Waals surface area contributed by atoms with Crippen LogP contribution in [0, 0.1) is 5.92 Å². The monoisotopic (exact) mass is 236 g/mol. The Bertz CT molecular complexity index is 343. The second kappa shape index (κ2) is 5.62. The summed E-state index contributed by atoms with van der Waals surface area (Å²) in [5.41, 5.74) is 1.13. The Morgan fingerprint density at radius 2 is 2.00 bits per heavy atom. The summed E-state index contributed by atoms with van der Waals surface area (Å²) in [5.74, 6) is 1.28. The molecule has 1 N–H and O–H groups in total. The van der Waals surface area contributed by atoms with E-state index in [1.165, 1.54) is 32.1 Å². The van der Waals surface area contributed by atoms with Crippen molar-refractivity contribution in [2.45, 2.75) is 43.4 Å². The van der Waals surface area contributed by atoms with Gasteiger partial charge in [-0.3, -0.25) is 0 Å². The highest BCUT2D eigenvalue weighted by Gasteiger charge is 2.15. The Hall–Kier alpha value is -0.630. The van der Waals surface area contributed by atoms with E-state index in [-0.39, 0.29) is 0 Å². The average molecular weight is 236 g/mol. The van der Waals surface area contributed by atoms with Crippen molar-refractivity contribution in [3.8, 4) is 5.75 Å². The molecule has 88 valence electrons. The number of rotatable bonds is 3. The Balaban J connectivity index is 2.03. The first-order valence-electron chi connectivity index (χ1n) is 6.15. The van der Waals surface area contributed by atoms with Crippen LogP contribution >= 0.6 is 11.8 Å². The van der Waals surface area contributed by atoms with Crippen molar-refractivity contribution in [1.29, 1.82) is 0 Å². The third-order valence-corrected chi connectivity index (χ3v) is 4.25. The maximum absolute atomic E-state index is 9.94. The molecule has 1 fully saturated rings. The molecule has 2 heteroatoms. The van der Waals surface area contributed by atoms with E-state index in [1.807, 2.05) is 12.3 Å². The van der Waals surface area contributed by atoms with Crippen molar-refractivity contribution in [3.63, 3.8) is 0 Å². The van der Waals surface area contributed by atoms with Crippen molar-refractivity contribution in [3.05, 3.63) is 23.8 Å². The van der Waals surface area contributed by atoms with Gasteiger partial charge in [0.1, 0.15) is 5.75 Å². The summed E-state index contributed by atoms with van der Waals surface area (Å²) in [7, 11) is 0. The summed E-state index contributed by atoms with van der Waals surface area (Å²) in [5, 5.41) is 9.94. The van der Waals surface area contributed by atoms with Crippen LogP contribution in [0.4, 0.5) is 0 Å². The molecule has 1 nitrogen and oxygen atoms in total. The van der Waals surface area contributed by atoms with Crippen LogP contribution < -0.4 is 0 Å². The van der Waals surface area contributed by atoms with Gasteiger partial charge in [-0.15, -0.1) is 11.8 Å². The normalized spacial score (nSPS) is 17.6. The van der Waals surface area contributed by atoms with Gasteiger partial charge in [0.2, 0.25) is 0 Å². The number of hydrogen-bond acceptors (Lipinski definition) is 2.